The smallest absolute Gasteiger partial charge is 0.333 e. The maximum absolute atomic E-state index is 11.1. The van der Waals surface area contributed by atoms with E-state index in [4.69, 9.17) is 23.7 Å². The predicted octanol–water partition coefficient (Wildman–Crippen LogP) is 1.68. The first kappa shape index (κ1) is 18.1. The van der Waals surface area contributed by atoms with Gasteiger partial charge in [0.05, 0.1) is 33.0 Å². The molecule has 1 saturated heterocycles. The molecule has 1 atom stereocenters. The Balaban J connectivity index is 1.78. The predicted molar refractivity (Wildman–Crippen MR) is 77.0 cm³/mol. The van der Waals surface area contributed by atoms with Crippen LogP contribution >= 0.6 is 0 Å². The summed E-state index contributed by atoms with van der Waals surface area (Å²) >= 11 is 0. The lowest BCUT2D eigenvalue weighted by atomic mass is 10.2. The van der Waals surface area contributed by atoms with Gasteiger partial charge in [-0.05, 0) is 26.2 Å². The zero-order valence-electron chi connectivity index (χ0n) is 12.8. The monoisotopic (exact) mass is 302 g/mol. The van der Waals surface area contributed by atoms with Crippen molar-refractivity contribution in [3.8, 4) is 0 Å². The Morgan fingerprint density at radius 1 is 1.10 bits per heavy atom. The standard InChI is InChI=1S/C15H26O6/c1-13(2)15(16)21-12-10-18-8-7-17-9-11-20-14-5-3-4-6-19-14/h14H,1,3-12H2,2H3. The molecular weight excluding hydrogens is 276 g/mol. The molecule has 0 bridgehead atoms. The lowest BCUT2D eigenvalue weighted by Gasteiger charge is -2.22. The number of carbonyl (C=O) groups is 1. The number of hydrogen-bond acceptors (Lipinski definition) is 6. The molecule has 0 saturated carbocycles. The van der Waals surface area contributed by atoms with Crippen molar-refractivity contribution in [2.24, 2.45) is 0 Å². The van der Waals surface area contributed by atoms with E-state index < -0.39 is 5.97 Å². The van der Waals surface area contributed by atoms with E-state index >= 15 is 0 Å². The highest BCUT2D eigenvalue weighted by Gasteiger charge is 2.13. The van der Waals surface area contributed by atoms with Crippen LogP contribution in [0, 0.1) is 0 Å². The number of ether oxygens (including phenoxy) is 5. The first-order chi connectivity index (χ1) is 10.2. The summed E-state index contributed by atoms with van der Waals surface area (Å²) in [5.41, 5.74) is 0.389. The van der Waals surface area contributed by atoms with E-state index in [1.165, 1.54) is 0 Å². The van der Waals surface area contributed by atoms with E-state index in [0.29, 0.717) is 38.6 Å². The average Bonchev–Trinajstić information content (AvgIpc) is 2.49. The molecule has 1 unspecified atom stereocenters. The summed E-state index contributed by atoms with van der Waals surface area (Å²) in [5.74, 6) is -0.392. The largest absolute Gasteiger partial charge is 0.460 e. The molecule has 0 radical (unpaired) electrons. The van der Waals surface area contributed by atoms with E-state index in [1.807, 2.05) is 0 Å². The van der Waals surface area contributed by atoms with Crippen LogP contribution in [0.5, 0.6) is 0 Å². The van der Waals surface area contributed by atoms with Crippen LogP contribution in [-0.4, -0.2) is 58.5 Å². The van der Waals surface area contributed by atoms with Crippen molar-refractivity contribution in [2.45, 2.75) is 32.5 Å². The molecule has 0 amide bonds. The third-order valence-electron chi connectivity index (χ3n) is 2.85. The van der Waals surface area contributed by atoms with E-state index in [9.17, 15) is 4.79 Å². The molecule has 122 valence electrons. The normalized spacial score (nSPS) is 18.4. The summed E-state index contributed by atoms with van der Waals surface area (Å²) in [7, 11) is 0. The molecule has 1 rings (SSSR count). The Bertz CT molecular complexity index is 299. The Morgan fingerprint density at radius 2 is 1.76 bits per heavy atom. The molecule has 0 spiro atoms. The van der Waals surface area contributed by atoms with Crippen LogP contribution in [0.4, 0.5) is 0 Å². The van der Waals surface area contributed by atoms with Gasteiger partial charge in [-0.2, -0.15) is 0 Å². The maximum atomic E-state index is 11.1. The van der Waals surface area contributed by atoms with Crippen molar-refractivity contribution >= 4 is 5.97 Å². The van der Waals surface area contributed by atoms with Gasteiger partial charge in [-0.15, -0.1) is 0 Å². The summed E-state index contributed by atoms with van der Waals surface area (Å²) in [4.78, 5) is 11.1. The van der Waals surface area contributed by atoms with E-state index in [0.717, 1.165) is 25.9 Å². The molecule has 21 heavy (non-hydrogen) atoms. The van der Waals surface area contributed by atoms with Crippen molar-refractivity contribution in [3.05, 3.63) is 12.2 Å². The van der Waals surface area contributed by atoms with Crippen LogP contribution < -0.4 is 0 Å². The van der Waals surface area contributed by atoms with Crippen molar-refractivity contribution in [3.63, 3.8) is 0 Å². The minimum absolute atomic E-state index is 0.0680. The second kappa shape index (κ2) is 11.7. The van der Waals surface area contributed by atoms with E-state index in [2.05, 4.69) is 6.58 Å². The van der Waals surface area contributed by atoms with Gasteiger partial charge >= 0.3 is 5.97 Å². The molecule has 1 heterocycles. The maximum Gasteiger partial charge on any atom is 0.333 e. The minimum Gasteiger partial charge on any atom is -0.460 e. The summed E-state index contributed by atoms with van der Waals surface area (Å²) in [6.45, 7) is 8.47. The number of hydrogen-bond donors (Lipinski definition) is 0. The lowest BCUT2D eigenvalue weighted by molar-refractivity contribution is -0.169. The van der Waals surface area contributed by atoms with Gasteiger partial charge in [-0.1, -0.05) is 6.58 Å². The molecule has 6 heteroatoms. The minimum atomic E-state index is -0.392. The quantitative estimate of drug-likeness (QED) is 0.329. The van der Waals surface area contributed by atoms with Crippen LogP contribution in [0.3, 0.4) is 0 Å². The molecule has 1 fully saturated rings. The van der Waals surface area contributed by atoms with E-state index in [-0.39, 0.29) is 12.9 Å². The van der Waals surface area contributed by atoms with Crippen LogP contribution in [-0.2, 0) is 28.5 Å². The fraction of sp³-hybridized carbons (Fsp3) is 0.800. The highest BCUT2D eigenvalue weighted by Crippen LogP contribution is 2.13. The first-order valence-electron chi connectivity index (χ1n) is 7.41. The summed E-state index contributed by atoms with van der Waals surface area (Å²) < 4.78 is 26.5. The SMILES string of the molecule is C=C(C)C(=O)OCCOCCOCCOC1CCCCO1. The summed E-state index contributed by atoms with van der Waals surface area (Å²) in [5, 5.41) is 0. The van der Waals surface area contributed by atoms with Gasteiger partial charge in [-0.25, -0.2) is 4.79 Å². The second-order valence-corrected chi connectivity index (χ2v) is 4.81. The van der Waals surface area contributed by atoms with Gasteiger partial charge in [-0.3, -0.25) is 0 Å². The van der Waals surface area contributed by atoms with Crippen LogP contribution in [0.1, 0.15) is 26.2 Å². The number of carbonyl (C=O) groups excluding carboxylic acids is 1. The molecule has 0 aromatic heterocycles. The molecule has 1 aliphatic heterocycles. The fourth-order valence-corrected chi connectivity index (χ4v) is 1.72. The molecule has 0 N–H and O–H groups in total. The third-order valence-corrected chi connectivity index (χ3v) is 2.85. The van der Waals surface area contributed by atoms with Crippen molar-refractivity contribution < 1.29 is 28.5 Å². The molecular formula is C15H26O6. The highest BCUT2D eigenvalue weighted by molar-refractivity contribution is 5.86. The molecule has 0 aromatic rings. The zero-order chi connectivity index (χ0) is 15.3. The van der Waals surface area contributed by atoms with Gasteiger partial charge in [0.25, 0.3) is 0 Å². The summed E-state index contributed by atoms with van der Waals surface area (Å²) in [6.07, 6.45) is 3.18. The number of esters is 1. The first-order valence-corrected chi connectivity index (χ1v) is 7.41. The second-order valence-electron chi connectivity index (χ2n) is 4.81. The molecule has 0 aromatic carbocycles. The highest BCUT2D eigenvalue weighted by atomic mass is 16.7. The Labute approximate surface area is 126 Å². The van der Waals surface area contributed by atoms with Crippen molar-refractivity contribution in [1.29, 1.82) is 0 Å². The topological polar surface area (TPSA) is 63.2 Å². The Kier molecular flexibility index (Phi) is 10.1. The Hall–Kier alpha value is -0.950. The third kappa shape index (κ3) is 9.57. The lowest BCUT2D eigenvalue weighted by Crippen LogP contribution is -2.24. The van der Waals surface area contributed by atoms with Gasteiger partial charge < -0.3 is 23.7 Å². The molecule has 1 aliphatic rings. The number of rotatable bonds is 11. The summed E-state index contributed by atoms with van der Waals surface area (Å²) in [6, 6.07) is 0. The van der Waals surface area contributed by atoms with Gasteiger partial charge in [0.2, 0.25) is 0 Å². The fourth-order valence-electron chi connectivity index (χ4n) is 1.72. The van der Waals surface area contributed by atoms with Gasteiger partial charge in [0, 0.05) is 12.2 Å². The van der Waals surface area contributed by atoms with Crippen molar-refractivity contribution in [2.75, 3.05) is 46.2 Å². The van der Waals surface area contributed by atoms with Crippen molar-refractivity contribution in [1.82, 2.24) is 0 Å². The molecule has 6 nitrogen and oxygen atoms in total. The Morgan fingerprint density at radius 3 is 2.38 bits per heavy atom. The van der Waals surface area contributed by atoms with Gasteiger partial charge in [0.1, 0.15) is 6.61 Å². The van der Waals surface area contributed by atoms with Gasteiger partial charge in [0.15, 0.2) is 6.29 Å². The molecule has 0 aliphatic carbocycles. The van der Waals surface area contributed by atoms with E-state index in [1.54, 1.807) is 6.92 Å². The van der Waals surface area contributed by atoms with Crippen LogP contribution in [0.25, 0.3) is 0 Å². The van der Waals surface area contributed by atoms with Crippen LogP contribution in [0.2, 0.25) is 0 Å². The zero-order valence-corrected chi connectivity index (χ0v) is 12.8. The average molecular weight is 302 g/mol. The van der Waals surface area contributed by atoms with Crippen LogP contribution in [0.15, 0.2) is 12.2 Å².